The Morgan fingerprint density at radius 3 is 2.26 bits per heavy atom. The van der Waals surface area contributed by atoms with E-state index in [2.05, 4.69) is 52.0 Å². The summed E-state index contributed by atoms with van der Waals surface area (Å²) in [5.74, 6) is 2.24. The van der Waals surface area contributed by atoms with E-state index in [9.17, 15) is 0 Å². The van der Waals surface area contributed by atoms with Gasteiger partial charge in [-0.2, -0.15) is 0 Å². The molecule has 1 aromatic carbocycles. The molecule has 0 saturated carbocycles. The molecular weight excluding hydrogens is 232 g/mol. The lowest BCUT2D eigenvalue weighted by atomic mass is 9.88. The summed E-state index contributed by atoms with van der Waals surface area (Å²) in [6, 6.07) is 10.4. The van der Waals surface area contributed by atoms with Gasteiger partial charge in [-0.1, -0.05) is 70.9 Å². The van der Waals surface area contributed by atoms with Crippen LogP contribution < -0.4 is 0 Å². The van der Waals surface area contributed by atoms with E-state index in [0.717, 1.165) is 19.1 Å². The third-order valence-corrected chi connectivity index (χ3v) is 4.11. The number of rotatable bonds is 9. The molecule has 0 fully saturated rings. The Bertz CT molecular complexity index is 318. The van der Waals surface area contributed by atoms with Gasteiger partial charge in [0.2, 0.25) is 0 Å². The fraction of sp³-hybridized carbons (Fsp3) is 0.667. The number of hydrogen-bond donors (Lipinski definition) is 0. The Morgan fingerprint density at radius 1 is 1.00 bits per heavy atom. The molecule has 0 saturated heterocycles. The van der Waals surface area contributed by atoms with Crippen LogP contribution in [0.25, 0.3) is 0 Å². The van der Waals surface area contributed by atoms with Gasteiger partial charge in [-0.25, -0.2) is 0 Å². The minimum absolute atomic E-state index is 0.692. The minimum atomic E-state index is 0.692. The van der Waals surface area contributed by atoms with E-state index in [1.54, 1.807) is 0 Å². The second-order valence-corrected chi connectivity index (χ2v) is 6.10. The van der Waals surface area contributed by atoms with Crippen LogP contribution in [0.4, 0.5) is 0 Å². The van der Waals surface area contributed by atoms with Gasteiger partial charge in [0.1, 0.15) is 0 Å². The van der Waals surface area contributed by atoms with Gasteiger partial charge in [0, 0.05) is 0 Å². The van der Waals surface area contributed by atoms with E-state index in [0.29, 0.717) is 11.8 Å². The van der Waals surface area contributed by atoms with Crippen molar-refractivity contribution in [3.8, 4) is 0 Å². The third-order valence-electron chi connectivity index (χ3n) is 4.11. The predicted octanol–water partition coefficient (Wildman–Crippen LogP) is 5.30. The normalized spacial score (nSPS) is 14.6. The smallest absolute Gasteiger partial charge is 0.0717 e. The number of ether oxygens (including phenoxy) is 1. The van der Waals surface area contributed by atoms with Gasteiger partial charge in [0.15, 0.2) is 0 Å². The molecule has 108 valence electrons. The van der Waals surface area contributed by atoms with Crippen LogP contribution in [0.3, 0.4) is 0 Å². The van der Waals surface area contributed by atoms with Gasteiger partial charge in [-0.15, -0.1) is 0 Å². The largest absolute Gasteiger partial charge is 0.376 e. The van der Waals surface area contributed by atoms with E-state index in [1.807, 2.05) is 6.07 Å². The highest BCUT2D eigenvalue weighted by Gasteiger charge is 2.14. The van der Waals surface area contributed by atoms with Crippen molar-refractivity contribution in [2.75, 3.05) is 6.61 Å². The van der Waals surface area contributed by atoms with Crippen molar-refractivity contribution in [3.63, 3.8) is 0 Å². The van der Waals surface area contributed by atoms with E-state index >= 15 is 0 Å². The van der Waals surface area contributed by atoms with Crippen molar-refractivity contribution in [2.45, 2.75) is 53.6 Å². The molecule has 0 spiro atoms. The minimum Gasteiger partial charge on any atom is -0.376 e. The van der Waals surface area contributed by atoms with E-state index in [-0.39, 0.29) is 0 Å². The van der Waals surface area contributed by atoms with Gasteiger partial charge in [-0.3, -0.25) is 0 Å². The summed E-state index contributed by atoms with van der Waals surface area (Å²) >= 11 is 0. The maximum absolute atomic E-state index is 5.91. The molecular formula is C18H30O. The molecule has 0 radical (unpaired) electrons. The summed E-state index contributed by atoms with van der Waals surface area (Å²) in [5, 5.41) is 0. The van der Waals surface area contributed by atoms with Crippen molar-refractivity contribution in [2.24, 2.45) is 17.8 Å². The molecule has 0 heterocycles. The molecule has 0 amide bonds. The Labute approximate surface area is 119 Å². The van der Waals surface area contributed by atoms with Crippen LogP contribution in [-0.2, 0) is 11.3 Å². The van der Waals surface area contributed by atoms with Crippen LogP contribution >= 0.6 is 0 Å². The summed E-state index contributed by atoms with van der Waals surface area (Å²) < 4.78 is 5.91. The molecule has 0 aliphatic rings. The summed E-state index contributed by atoms with van der Waals surface area (Å²) in [6.45, 7) is 10.9. The Balaban J connectivity index is 2.29. The highest BCUT2D eigenvalue weighted by atomic mass is 16.5. The second-order valence-electron chi connectivity index (χ2n) is 6.10. The molecule has 1 aromatic rings. The Morgan fingerprint density at radius 2 is 1.68 bits per heavy atom. The first kappa shape index (κ1) is 16.2. The average molecular weight is 262 g/mol. The molecule has 0 aromatic heterocycles. The fourth-order valence-corrected chi connectivity index (χ4v) is 2.21. The van der Waals surface area contributed by atoms with Crippen LogP contribution in [-0.4, -0.2) is 6.61 Å². The van der Waals surface area contributed by atoms with Crippen LogP contribution in [0.15, 0.2) is 30.3 Å². The summed E-state index contributed by atoms with van der Waals surface area (Å²) in [4.78, 5) is 0. The zero-order chi connectivity index (χ0) is 14.1. The topological polar surface area (TPSA) is 9.23 Å². The first-order valence-electron chi connectivity index (χ1n) is 7.75. The summed E-state index contributed by atoms with van der Waals surface area (Å²) in [5.41, 5.74) is 1.27. The highest BCUT2D eigenvalue weighted by Crippen LogP contribution is 2.22. The van der Waals surface area contributed by atoms with E-state index < -0.39 is 0 Å². The van der Waals surface area contributed by atoms with Crippen molar-refractivity contribution >= 4 is 0 Å². The lowest BCUT2D eigenvalue weighted by molar-refractivity contribution is 0.0657. The summed E-state index contributed by atoms with van der Waals surface area (Å²) in [6.07, 6.45) is 3.91. The van der Waals surface area contributed by atoms with Gasteiger partial charge < -0.3 is 4.74 Å². The molecule has 0 bridgehead atoms. The first-order valence-corrected chi connectivity index (χ1v) is 7.75. The Kier molecular flexibility index (Phi) is 7.81. The van der Waals surface area contributed by atoms with Gasteiger partial charge in [0.25, 0.3) is 0 Å². The van der Waals surface area contributed by atoms with Crippen molar-refractivity contribution in [1.29, 1.82) is 0 Å². The zero-order valence-electron chi connectivity index (χ0n) is 13.1. The molecule has 19 heavy (non-hydrogen) atoms. The molecule has 0 N–H and O–H groups in total. The quantitative estimate of drug-likeness (QED) is 0.586. The van der Waals surface area contributed by atoms with Gasteiger partial charge >= 0.3 is 0 Å². The van der Waals surface area contributed by atoms with Crippen molar-refractivity contribution in [3.05, 3.63) is 35.9 Å². The first-order chi connectivity index (χ1) is 9.13. The molecule has 1 nitrogen and oxygen atoms in total. The monoisotopic (exact) mass is 262 g/mol. The lowest BCUT2D eigenvalue weighted by Gasteiger charge is -2.22. The molecule has 1 rings (SSSR count). The molecule has 1 unspecified atom stereocenters. The maximum atomic E-state index is 5.91. The molecule has 1 heteroatoms. The molecule has 2 atom stereocenters. The van der Waals surface area contributed by atoms with E-state index in [1.165, 1.54) is 24.8 Å². The average Bonchev–Trinajstić information content (AvgIpc) is 2.42. The molecule has 0 aliphatic heterocycles. The standard InChI is InChI=1S/C18H30O/c1-5-16(4)11-12-18(15(2)3)14-19-13-17-9-7-6-8-10-17/h6-10,15-16,18H,5,11-14H2,1-4H3/t16?,18-/m0/s1. The van der Waals surface area contributed by atoms with E-state index in [4.69, 9.17) is 4.74 Å². The Hall–Kier alpha value is -0.820. The lowest BCUT2D eigenvalue weighted by Crippen LogP contribution is -2.17. The van der Waals surface area contributed by atoms with Crippen molar-refractivity contribution < 1.29 is 4.74 Å². The third kappa shape index (κ3) is 6.77. The fourth-order valence-electron chi connectivity index (χ4n) is 2.21. The number of hydrogen-bond acceptors (Lipinski definition) is 1. The number of benzene rings is 1. The van der Waals surface area contributed by atoms with Crippen LogP contribution in [0.2, 0.25) is 0 Å². The molecule has 0 aliphatic carbocycles. The van der Waals surface area contributed by atoms with Gasteiger partial charge in [-0.05, 0) is 29.7 Å². The van der Waals surface area contributed by atoms with Crippen LogP contribution in [0.1, 0.15) is 52.5 Å². The van der Waals surface area contributed by atoms with Crippen molar-refractivity contribution in [1.82, 2.24) is 0 Å². The zero-order valence-corrected chi connectivity index (χ0v) is 13.1. The van der Waals surface area contributed by atoms with Gasteiger partial charge in [0.05, 0.1) is 13.2 Å². The highest BCUT2D eigenvalue weighted by molar-refractivity contribution is 5.13. The SMILES string of the molecule is CCC(C)CC[C@@H](COCc1ccccc1)C(C)C. The summed E-state index contributed by atoms with van der Waals surface area (Å²) in [7, 11) is 0. The maximum Gasteiger partial charge on any atom is 0.0717 e. The van der Waals surface area contributed by atoms with Crippen LogP contribution in [0.5, 0.6) is 0 Å². The van der Waals surface area contributed by atoms with Crippen LogP contribution in [0, 0.1) is 17.8 Å². The second kappa shape index (κ2) is 9.14. The predicted molar refractivity (Wildman–Crippen MR) is 83.1 cm³/mol.